The molecule has 2 aliphatic rings. The number of rotatable bonds is 8. The van der Waals surface area contributed by atoms with E-state index < -0.39 is 29.4 Å². The van der Waals surface area contributed by atoms with Crippen LogP contribution in [0.5, 0.6) is 5.75 Å². The van der Waals surface area contributed by atoms with Crippen LogP contribution in [0.4, 0.5) is 14.5 Å². The van der Waals surface area contributed by atoms with E-state index in [-0.39, 0.29) is 41.3 Å². The molecule has 198 valence electrons. The molecule has 1 aromatic carbocycles. The zero-order valence-corrected chi connectivity index (χ0v) is 21.2. The summed E-state index contributed by atoms with van der Waals surface area (Å²) in [6.45, 7) is 1.82. The second kappa shape index (κ2) is 10.3. The number of carboxylic acid groups (broad SMARTS) is 1. The lowest BCUT2D eigenvalue weighted by atomic mass is 9.65. The summed E-state index contributed by atoms with van der Waals surface area (Å²) in [6.07, 6.45) is 2.79. The first-order chi connectivity index (χ1) is 17.5. The number of nitrogens with one attached hydrogen (secondary N) is 1. The quantitative estimate of drug-likeness (QED) is 0.512. The Labute approximate surface area is 217 Å². The van der Waals surface area contributed by atoms with Gasteiger partial charge in [0.1, 0.15) is 5.54 Å². The zero-order chi connectivity index (χ0) is 27.0. The van der Waals surface area contributed by atoms with Crippen molar-refractivity contribution < 1.29 is 28.2 Å². The summed E-state index contributed by atoms with van der Waals surface area (Å²) in [6, 6.07) is 7.81. The Morgan fingerprint density at radius 2 is 1.95 bits per heavy atom. The van der Waals surface area contributed by atoms with Crippen LogP contribution in [0.1, 0.15) is 51.1 Å². The molecule has 1 aliphatic heterocycles. The van der Waals surface area contributed by atoms with Crippen molar-refractivity contribution in [3.8, 4) is 11.8 Å². The minimum absolute atomic E-state index is 0.0639. The number of aromatic nitrogens is 2. The monoisotopic (exact) mass is 535 g/mol. The number of hydrogen-bond donors (Lipinski definition) is 2. The van der Waals surface area contributed by atoms with E-state index >= 15 is 0 Å². The Hall–Kier alpha value is -3.23. The molecule has 0 atom stereocenters. The van der Waals surface area contributed by atoms with E-state index in [0.29, 0.717) is 25.9 Å². The van der Waals surface area contributed by atoms with Crippen molar-refractivity contribution in [1.82, 2.24) is 14.7 Å². The minimum atomic E-state index is -3.10. The van der Waals surface area contributed by atoms with Gasteiger partial charge in [0.25, 0.3) is 5.91 Å². The predicted molar refractivity (Wildman–Crippen MR) is 131 cm³/mol. The summed E-state index contributed by atoms with van der Waals surface area (Å²) in [4.78, 5) is 27.5. The van der Waals surface area contributed by atoms with Gasteiger partial charge in [-0.05, 0) is 49.8 Å². The minimum Gasteiger partial charge on any atom is -0.480 e. The number of ether oxygens (including phenoxy) is 1. The van der Waals surface area contributed by atoms with Crippen molar-refractivity contribution in [3.05, 3.63) is 41.2 Å². The van der Waals surface area contributed by atoms with E-state index in [0.717, 1.165) is 5.69 Å². The third-order valence-corrected chi connectivity index (χ3v) is 7.67. The summed E-state index contributed by atoms with van der Waals surface area (Å²) in [5.41, 5.74) is -1.57. The van der Waals surface area contributed by atoms with Crippen LogP contribution in [0, 0.1) is 16.7 Å². The van der Waals surface area contributed by atoms with Crippen LogP contribution < -0.4 is 10.1 Å². The summed E-state index contributed by atoms with van der Waals surface area (Å²) in [7, 11) is 0. The molecule has 2 N–H and O–H groups in total. The van der Waals surface area contributed by atoms with E-state index in [1.807, 2.05) is 26.0 Å². The number of carboxylic acids is 1. The van der Waals surface area contributed by atoms with Gasteiger partial charge >= 0.3 is 12.6 Å². The third-order valence-electron chi connectivity index (χ3n) is 7.43. The van der Waals surface area contributed by atoms with Crippen LogP contribution in [0.25, 0.3) is 0 Å². The van der Waals surface area contributed by atoms with Crippen LogP contribution in [0.15, 0.2) is 30.5 Å². The molecule has 1 aliphatic carbocycles. The molecule has 0 spiro atoms. The highest BCUT2D eigenvalue weighted by molar-refractivity contribution is 6.30. The van der Waals surface area contributed by atoms with Crippen molar-refractivity contribution in [2.24, 2.45) is 5.41 Å². The summed E-state index contributed by atoms with van der Waals surface area (Å²) >= 11 is 5.95. The van der Waals surface area contributed by atoms with E-state index in [1.165, 1.54) is 18.2 Å². The van der Waals surface area contributed by atoms with Gasteiger partial charge in [0.15, 0.2) is 11.2 Å². The number of aliphatic carboxylic acids is 1. The van der Waals surface area contributed by atoms with Crippen molar-refractivity contribution in [1.29, 1.82) is 5.26 Å². The molecule has 12 heteroatoms. The third kappa shape index (κ3) is 5.00. The molecule has 1 saturated heterocycles. The van der Waals surface area contributed by atoms with Crippen LogP contribution in [0.2, 0.25) is 5.02 Å². The number of nitrogens with zero attached hydrogens (tertiary/aromatic N) is 4. The van der Waals surface area contributed by atoms with Crippen LogP contribution in [-0.4, -0.2) is 57.4 Å². The second-order valence-corrected chi connectivity index (χ2v) is 10.4. The topological polar surface area (TPSA) is 120 Å². The Kier molecular flexibility index (Phi) is 7.44. The molecule has 9 nitrogen and oxygen atoms in total. The highest BCUT2D eigenvalue weighted by atomic mass is 35.5. The largest absolute Gasteiger partial charge is 0.480 e. The van der Waals surface area contributed by atoms with Crippen molar-refractivity contribution >= 4 is 29.2 Å². The first-order valence-corrected chi connectivity index (χ1v) is 12.4. The zero-order valence-electron chi connectivity index (χ0n) is 20.5. The number of nitriles is 1. The molecule has 1 saturated carbocycles. The van der Waals surface area contributed by atoms with Crippen LogP contribution in [-0.2, 0) is 15.1 Å². The molecule has 4 rings (SSSR count). The number of benzene rings is 1. The molecule has 2 aromatic rings. The Morgan fingerprint density at radius 1 is 1.27 bits per heavy atom. The van der Waals surface area contributed by atoms with Gasteiger partial charge in [-0.1, -0.05) is 25.4 Å². The maximum Gasteiger partial charge on any atom is 0.387 e. The number of halogens is 3. The van der Waals surface area contributed by atoms with Crippen molar-refractivity contribution in [3.63, 3.8) is 0 Å². The molecule has 0 radical (unpaired) electrons. The molecular weight excluding hydrogens is 508 g/mol. The molecular formula is C25H28ClF2N5O4. The Bertz CT molecular complexity index is 1210. The molecule has 0 bridgehead atoms. The Balaban J connectivity index is 1.60. The number of carbonyl (C=O) groups is 2. The van der Waals surface area contributed by atoms with Gasteiger partial charge < -0.3 is 20.1 Å². The fourth-order valence-corrected chi connectivity index (χ4v) is 5.41. The summed E-state index contributed by atoms with van der Waals surface area (Å²) in [5, 5.41) is 26.2. The number of piperidine rings is 1. The molecule has 0 unspecified atom stereocenters. The molecule has 1 amide bonds. The van der Waals surface area contributed by atoms with Gasteiger partial charge in [0.2, 0.25) is 0 Å². The average molecular weight is 536 g/mol. The number of hydrogen-bond acceptors (Lipinski definition) is 6. The van der Waals surface area contributed by atoms with E-state index in [1.54, 1.807) is 10.9 Å². The van der Waals surface area contributed by atoms with Crippen LogP contribution >= 0.6 is 11.6 Å². The van der Waals surface area contributed by atoms with Crippen molar-refractivity contribution in [2.45, 2.75) is 63.6 Å². The van der Waals surface area contributed by atoms with E-state index in [2.05, 4.69) is 20.1 Å². The standard InChI is InChI=1S/C25H28ClF2N5O4/c1-15(2)19-5-8-30-33(19)25(21(34)31-18-4-3-16(26)11-20(18)37-23(27)28)6-9-32(10-7-25)17-12-24(13-17,14-29)22(35)36/h3-5,8,11,15,17,23H,6-7,9-10,12-13H2,1-2H3,(H,31,34)(H,35,36). The number of alkyl halides is 2. The highest BCUT2D eigenvalue weighted by Crippen LogP contribution is 2.46. The summed E-state index contributed by atoms with van der Waals surface area (Å²) in [5.74, 6) is -1.72. The number of likely N-dealkylation sites (tertiary alicyclic amines) is 1. The second-order valence-electron chi connectivity index (χ2n) is 9.92. The summed E-state index contributed by atoms with van der Waals surface area (Å²) < 4.78 is 32.3. The van der Waals surface area contributed by atoms with Gasteiger partial charge in [0.05, 0.1) is 11.8 Å². The maximum atomic E-state index is 13.9. The highest BCUT2D eigenvalue weighted by Gasteiger charge is 2.55. The van der Waals surface area contributed by atoms with Gasteiger partial charge in [-0.2, -0.15) is 19.1 Å². The molecule has 37 heavy (non-hydrogen) atoms. The molecule has 1 aromatic heterocycles. The predicted octanol–water partition coefficient (Wildman–Crippen LogP) is 4.45. The van der Waals surface area contributed by atoms with E-state index in [9.17, 15) is 28.7 Å². The normalized spacial score (nSPS) is 23.4. The van der Waals surface area contributed by atoms with Gasteiger partial charge in [-0.25, -0.2) is 0 Å². The molecule has 2 fully saturated rings. The number of amides is 1. The fraction of sp³-hybridized carbons (Fsp3) is 0.520. The van der Waals surface area contributed by atoms with Crippen LogP contribution in [0.3, 0.4) is 0 Å². The number of anilines is 1. The lowest BCUT2D eigenvalue weighted by Gasteiger charge is -2.50. The first-order valence-electron chi connectivity index (χ1n) is 12.0. The Morgan fingerprint density at radius 3 is 2.51 bits per heavy atom. The SMILES string of the molecule is CC(C)c1ccnn1C1(C(=O)Nc2ccc(Cl)cc2OC(F)F)CCN(C2CC(C#N)(C(=O)O)C2)CC1. The lowest BCUT2D eigenvalue weighted by Crippen LogP contribution is -2.60. The average Bonchev–Trinajstić information content (AvgIpc) is 3.31. The van der Waals surface area contributed by atoms with Gasteiger partial charge in [-0.15, -0.1) is 0 Å². The molecule has 2 heterocycles. The lowest BCUT2D eigenvalue weighted by molar-refractivity contribution is -0.154. The van der Waals surface area contributed by atoms with Crippen molar-refractivity contribution in [2.75, 3.05) is 18.4 Å². The maximum absolute atomic E-state index is 13.9. The van der Waals surface area contributed by atoms with Gasteiger partial charge in [0, 0.05) is 42.1 Å². The number of carbonyl (C=O) groups excluding carboxylic acids is 1. The van der Waals surface area contributed by atoms with Gasteiger partial charge in [-0.3, -0.25) is 14.3 Å². The fourth-order valence-electron chi connectivity index (χ4n) is 5.25. The smallest absolute Gasteiger partial charge is 0.387 e. The van der Waals surface area contributed by atoms with E-state index in [4.69, 9.17) is 11.6 Å². The first kappa shape index (κ1) is 26.8.